The number of hydrogen-bond acceptors (Lipinski definition) is 4. The van der Waals surface area contributed by atoms with Crippen LogP contribution in [-0.2, 0) is 0 Å². The van der Waals surface area contributed by atoms with E-state index < -0.39 is 5.97 Å². The molecule has 0 aliphatic rings. The number of aromatic carboxylic acids is 1. The first-order valence-corrected chi connectivity index (χ1v) is 6.55. The molecule has 0 radical (unpaired) electrons. The van der Waals surface area contributed by atoms with E-state index in [4.69, 9.17) is 10.8 Å². The molecule has 1 rings (SSSR count). The van der Waals surface area contributed by atoms with Gasteiger partial charge in [-0.1, -0.05) is 13.8 Å². The van der Waals surface area contributed by atoms with Crippen molar-refractivity contribution in [2.24, 2.45) is 0 Å². The highest BCUT2D eigenvalue weighted by molar-refractivity contribution is 5.90. The maximum atomic E-state index is 11.0. The van der Waals surface area contributed by atoms with Gasteiger partial charge in [0.2, 0.25) is 0 Å². The fourth-order valence-electron chi connectivity index (χ4n) is 2.26. The molecular weight excluding hydrogens is 244 g/mol. The van der Waals surface area contributed by atoms with E-state index in [1.54, 1.807) is 12.1 Å². The maximum absolute atomic E-state index is 11.0. The molecule has 0 amide bonds. The maximum Gasteiger partial charge on any atom is 0.335 e. The first-order chi connectivity index (χ1) is 9.04. The van der Waals surface area contributed by atoms with Crippen molar-refractivity contribution in [1.82, 2.24) is 0 Å². The van der Waals surface area contributed by atoms with Gasteiger partial charge < -0.3 is 20.8 Å². The van der Waals surface area contributed by atoms with Crippen LogP contribution in [0.1, 0.15) is 37.0 Å². The Balaban J connectivity index is 3.20. The van der Waals surface area contributed by atoms with Crippen molar-refractivity contribution in [3.63, 3.8) is 0 Å². The summed E-state index contributed by atoms with van der Waals surface area (Å²) in [6.45, 7) is 4.58. The van der Waals surface area contributed by atoms with E-state index in [0.29, 0.717) is 17.9 Å². The number of anilines is 2. The molecule has 0 aliphatic carbocycles. The average Bonchev–Trinajstić information content (AvgIpc) is 2.39. The van der Waals surface area contributed by atoms with Gasteiger partial charge >= 0.3 is 5.97 Å². The molecule has 0 aliphatic heterocycles. The van der Waals surface area contributed by atoms with Gasteiger partial charge in [0.05, 0.1) is 23.5 Å². The third kappa shape index (κ3) is 3.61. The Morgan fingerprint density at radius 2 is 2.00 bits per heavy atom. The van der Waals surface area contributed by atoms with Crippen LogP contribution in [0.3, 0.4) is 0 Å². The fourth-order valence-corrected chi connectivity index (χ4v) is 2.26. The van der Waals surface area contributed by atoms with Gasteiger partial charge in [0.15, 0.2) is 0 Å². The van der Waals surface area contributed by atoms with Crippen molar-refractivity contribution in [1.29, 1.82) is 0 Å². The molecule has 1 aromatic carbocycles. The van der Waals surface area contributed by atoms with Crippen molar-refractivity contribution >= 4 is 17.3 Å². The molecule has 0 spiro atoms. The second-order valence-electron chi connectivity index (χ2n) is 4.47. The summed E-state index contributed by atoms with van der Waals surface area (Å²) in [5, 5.41) is 18.3. The molecule has 4 N–H and O–H groups in total. The highest BCUT2D eigenvalue weighted by Gasteiger charge is 2.18. The lowest BCUT2D eigenvalue weighted by Crippen LogP contribution is -2.37. The van der Waals surface area contributed by atoms with E-state index in [2.05, 4.69) is 13.8 Å². The van der Waals surface area contributed by atoms with Gasteiger partial charge in [0, 0.05) is 12.6 Å². The van der Waals surface area contributed by atoms with E-state index in [1.165, 1.54) is 6.07 Å². The van der Waals surface area contributed by atoms with Crippen LogP contribution in [0.25, 0.3) is 0 Å². The van der Waals surface area contributed by atoms with Crippen LogP contribution in [-0.4, -0.2) is 35.4 Å². The van der Waals surface area contributed by atoms with Gasteiger partial charge in [-0.15, -0.1) is 0 Å². The zero-order valence-electron chi connectivity index (χ0n) is 11.5. The Kier molecular flexibility index (Phi) is 5.63. The number of carboxylic acids is 1. The summed E-state index contributed by atoms with van der Waals surface area (Å²) < 4.78 is 0. The molecule has 0 fully saturated rings. The lowest BCUT2D eigenvalue weighted by molar-refractivity contribution is 0.0697. The number of rotatable bonds is 7. The largest absolute Gasteiger partial charge is 0.478 e. The SMILES string of the molecule is CCC(CC)N(CCO)c1cc(C(=O)O)ccc1N. The Hall–Kier alpha value is -1.75. The molecule has 0 unspecified atom stereocenters. The number of nitrogens with two attached hydrogens (primary N) is 1. The predicted molar refractivity (Wildman–Crippen MR) is 76.6 cm³/mol. The molecule has 0 bridgehead atoms. The normalized spacial score (nSPS) is 10.7. The summed E-state index contributed by atoms with van der Waals surface area (Å²) in [5.41, 5.74) is 7.37. The van der Waals surface area contributed by atoms with Crippen LogP contribution in [0, 0.1) is 0 Å². The fraction of sp³-hybridized carbons (Fsp3) is 0.500. The molecule has 0 saturated carbocycles. The van der Waals surface area contributed by atoms with Gasteiger partial charge in [-0.05, 0) is 31.0 Å². The van der Waals surface area contributed by atoms with E-state index >= 15 is 0 Å². The number of aliphatic hydroxyl groups is 1. The van der Waals surface area contributed by atoms with Gasteiger partial charge in [-0.3, -0.25) is 0 Å². The minimum atomic E-state index is -0.977. The zero-order chi connectivity index (χ0) is 14.4. The quantitative estimate of drug-likeness (QED) is 0.657. The monoisotopic (exact) mass is 266 g/mol. The molecule has 0 heterocycles. The average molecular weight is 266 g/mol. The summed E-state index contributed by atoms with van der Waals surface area (Å²) >= 11 is 0. The number of nitrogens with zero attached hydrogens (tertiary/aromatic N) is 1. The van der Waals surface area contributed by atoms with Crippen LogP contribution in [0.4, 0.5) is 11.4 Å². The Bertz CT molecular complexity index is 431. The van der Waals surface area contributed by atoms with E-state index in [0.717, 1.165) is 12.8 Å². The van der Waals surface area contributed by atoms with Crippen LogP contribution in [0.2, 0.25) is 0 Å². The van der Waals surface area contributed by atoms with Crippen LogP contribution in [0.5, 0.6) is 0 Å². The summed E-state index contributed by atoms with van der Waals surface area (Å²) in [6.07, 6.45) is 1.82. The van der Waals surface area contributed by atoms with Crippen molar-refractivity contribution in [3.05, 3.63) is 23.8 Å². The van der Waals surface area contributed by atoms with Gasteiger partial charge in [-0.25, -0.2) is 4.79 Å². The summed E-state index contributed by atoms with van der Waals surface area (Å²) in [4.78, 5) is 13.0. The van der Waals surface area contributed by atoms with E-state index in [1.807, 2.05) is 4.90 Å². The summed E-state index contributed by atoms with van der Waals surface area (Å²) in [6, 6.07) is 4.90. The molecule has 0 aromatic heterocycles. The molecule has 0 saturated heterocycles. The van der Waals surface area contributed by atoms with Gasteiger partial charge in [0.1, 0.15) is 0 Å². The molecule has 19 heavy (non-hydrogen) atoms. The van der Waals surface area contributed by atoms with Crippen molar-refractivity contribution in [2.45, 2.75) is 32.7 Å². The molecule has 5 nitrogen and oxygen atoms in total. The number of hydrogen-bond donors (Lipinski definition) is 3. The molecule has 106 valence electrons. The standard InChI is InChI=1S/C14H22N2O3/c1-3-11(4-2)16(7-8-17)13-9-10(14(18)19)5-6-12(13)15/h5-6,9,11,17H,3-4,7-8,15H2,1-2H3,(H,18,19). The van der Waals surface area contributed by atoms with Gasteiger partial charge in [0.25, 0.3) is 0 Å². The number of aliphatic hydroxyl groups excluding tert-OH is 1. The summed E-state index contributed by atoms with van der Waals surface area (Å²) in [5.74, 6) is -0.977. The molecule has 0 atom stereocenters. The highest BCUT2D eigenvalue weighted by Crippen LogP contribution is 2.28. The third-order valence-electron chi connectivity index (χ3n) is 3.31. The lowest BCUT2D eigenvalue weighted by atomic mass is 10.1. The number of benzene rings is 1. The van der Waals surface area contributed by atoms with Crippen LogP contribution < -0.4 is 10.6 Å². The molecule has 5 heteroatoms. The van der Waals surface area contributed by atoms with Crippen molar-refractivity contribution < 1.29 is 15.0 Å². The second kappa shape index (κ2) is 6.99. The number of nitrogen functional groups attached to an aromatic ring is 1. The van der Waals surface area contributed by atoms with E-state index in [-0.39, 0.29) is 18.2 Å². The van der Waals surface area contributed by atoms with Crippen molar-refractivity contribution in [2.75, 3.05) is 23.8 Å². The first kappa shape index (κ1) is 15.3. The second-order valence-corrected chi connectivity index (χ2v) is 4.47. The molecular formula is C14H22N2O3. The lowest BCUT2D eigenvalue weighted by Gasteiger charge is -2.33. The third-order valence-corrected chi connectivity index (χ3v) is 3.31. The Morgan fingerprint density at radius 3 is 2.47 bits per heavy atom. The number of carbonyl (C=O) groups is 1. The topological polar surface area (TPSA) is 86.8 Å². The minimum Gasteiger partial charge on any atom is -0.478 e. The highest BCUT2D eigenvalue weighted by atomic mass is 16.4. The number of carboxylic acid groups (broad SMARTS) is 1. The van der Waals surface area contributed by atoms with Gasteiger partial charge in [-0.2, -0.15) is 0 Å². The smallest absolute Gasteiger partial charge is 0.335 e. The zero-order valence-corrected chi connectivity index (χ0v) is 11.5. The van der Waals surface area contributed by atoms with Crippen LogP contribution >= 0.6 is 0 Å². The Labute approximate surface area is 113 Å². The molecule has 1 aromatic rings. The van der Waals surface area contributed by atoms with E-state index in [9.17, 15) is 9.90 Å². The summed E-state index contributed by atoms with van der Waals surface area (Å²) in [7, 11) is 0. The van der Waals surface area contributed by atoms with Crippen molar-refractivity contribution in [3.8, 4) is 0 Å². The first-order valence-electron chi connectivity index (χ1n) is 6.55. The Morgan fingerprint density at radius 1 is 1.37 bits per heavy atom. The minimum absolute atomic E-state index is 0.00718. The predicted octanol–water partition coefficient (Wildman–Crippen LogP) is 1.95. The van der Waals surface area contributed by atoms with Crippen LogP contribution in [0.15, 0.2) is 18.2 Å².